The van der Waals surface area contributed by atoms with Crippen LogP contribution < -0.4 is 5.32 Å². The van der Waals surface area contributed by atoms with Gasteiger partial charge in [-0.1, -0.05) is 36.8 Å². The van der Waals surface area contributed by atoms with E-state index < -0.39 is 5.54 Å². The lowest BCUT2D eigenvalue weighted by Crippen LogP contribution is -2.54. The third-order valence-corrected chi connectivity index (χ3v) is 3.78. The Morgan fingerprint density at radius 1 is 1.26 bits per heavy atom. The van der Waals surface area contributed by atoms with Gasteiger partial charge in [-0.25, -0.2) is 0 Å². The molecule has 0 radical (unpaired) electrons. The Kier molecular flexibility index (Phi) is 6.49. The highest BCUT2D eigenvalue weighted by Crippen LogP contribution is 2.13. The van der Waals surface area contributed by atoms with Gasteiger partial charge in [0.15, 0.2) is 0 Å². The molecule has 1 rings (SSSR count). The molecule has 0 saturated carbocycles. The van der Waals surface area contributed by atoms with Crippen LogP contribution >= 0.6 is 0 Å². The van der Waals surface area contributed by atoms with E-state index in [9.17, 15) is 10.2 Å². The summed E-state index contributed by atoms with van der Waals surface area (Å²) in [6.07, 6.45) is 2.71. The third kappa shape index (κ3) is 4.94. The van der Waals surface area contributed by atoms with Crippen molar-refractivity contribution in [3.05, 3.63) is 35.4 Å². The van der Waals surface area contributed by atoms with Crippen LogP contribution in [0.25, 0.3) is 0 Å². The summed E-state index contributed by atoms with van der Waals surface area (Å²) in [5.74, 6) is 0. The zero-order chi connectivity index (χ0) is 14.3. The molecule has 108 valence electrons. The van der Waals surface area contributed by atoms with E-state index in [1.54, 1.807) is 0 Å². The predicted molar refractivity (Wildman–Crippen MR) is 79.3 cm³/mol. The first kappa shape index (κ1) is 16.2. The van der Waals surface area contributed by atoms with Gasteiger partial charge in [-0.3, -0.25) is 0 Å². The minimum Gasteiger partial charge on any atom is -0.394 e. The van der Waals surface area contributed by atoms with Crippen molar-refractivity contribution in [3.8, 4) is 0 Å². The van der Waals surface area contributed by atoms with Crippen LogP contribution in [-0.2, 0) is 6.42 Å². The number of hydrogen-bond acceptors (Lipinski definition) is 3. The van der Waals surface area contributed by atoms with E-state index in [0.29, 0.717) is 0 Å². The lowest BCUT2D eigenvalue weighted by atomic mass is 9.95. The summed E-state index contributed by atoms with van der Waals surface area (Å²) in [6.45, 7) is 6.12. The highest BCUT2D eigenvalue weighted by atomic mass is 16.3. The molecule has 1 unspecified atom stereocenters. The molecule has 0 amide bonds. The van der Waals surface area contributed by atoms with Gasteiger partial charge in [-0.2, -0.15) is 0 Å². The molecule has 0 bridgehead atoms. The van der Waals surface area contributed by atoms with E-state index in [1.807, 2.05) is 6.92 Å². The zero-order valence-electron chi connectivity index (χ0n) is 12.3. The first-order valence-electron chi connectivity index (χ1n) is 7.10. The summed E-state index contributed by atoms with van der Waals surface area (Å²) < 4.78 is 0. The standard InChI is InChI=1S/C16H27NO2/c1-4-16(11-18,12-19)17-14(3)8-9-15-7-5-6-13(2)10-15/h5-7,10,14,17-19H,4,8-9,11-12H2,1-3H3. The fourth-order valence-electron chi connectivity index (χ4n) is 2.31. The zero-order valence-corrected chi connectivity index (χ0v) is 12.3. The molecule has 0 saturated heterocycles. The predicted octanol–water partition coefficient (Wildman–Crippen LogP) is 2.04. The van der Waals surface area contributed by atoms with Gasteiger partial charge < -0.3 is 15.5 Å². The molecule has 3 N–H and O–H groups in total. The number of aryl methyl sites for hydroxylation is 2. The molecule has 0 aliphatic heterocycles. The molecule has 1 atom stereocenters. The van der Waals surface area contributed by atoms with Crippen molar-refractivity contribution >= 4 is 0 Å². The average molecular weight is 265 g/mol. The Labute approximate surface area is 116 Å². The van der Waals surface area contributed by atoms with Crippen LogP contribution in [0.15, 0.2) is 24.3 Å². The van der Waals surface area contributed by atoms with E-state index in [-0.39, 0.29) is 19.3 Å². The van der Waals surface area contributed by atoms with Gasteiger partial charge in [-0.05, 0) is 38.7 Å². The van der Waals surface area contributed by atoms with E-state index in [1.165, 1.54) is 11.1 Å². The molecule has 0 heterocycles. The Balaban J connectivity index is 2.49. The van der Waals surface area contributed by atoms with Gasteiger partial charge in [-0.15, -0.1) is 0 Å². The number of aliphatic hydroxyl groups excluding tert-OH is 2. The van der Waals surface area contributed by atoms with E-state index in [0.717, 1.165) is 19.3 Å². The molecule has 0 fully saturated rings. The molecular weight excluding hydrogens is 238 g/mol. The number of hydrogen-bond donors (Lipinski definition) is 3. The summed E-state index contributed by atoms with van der Waals surface area (Å²) in [5, 5.41) is 22.2. The summed E-state index contributed by atoms with van der Waals surface area (Å²) in [7, 11) is 0. The van der Waals surface area contributed by atoms with Gasteiger partial charge in [0.1, 0.15) is 0 Å². The average Bonchev–Trinajstić information content (AvgIpc) is 2.43. The smallest absolute Gasteiger partial charge is 0.0647 e. The number of aliphatic hydroxyl groups is 2. The van der Waals surface area contributed by atoms with Gasteiger partial charge >= 0.3 is 0 Å². The van der Waals surface area contributed by atoms with Crippen molar-refractivity contribution in [1.29, 1.82) is 0 Å². The van der Waals surface area contributed by atoms with Crippen LogP contribution in [0.3, 0.4) is 0 Å². The van der Waals surface area contributed by atoms with Crippen molar-refractivity contribution in [2.45, 2.75) is 51.6 Å². The SMILES string of the molecule is CCC(CO)(CO)NC(C)CCc1cccc(C)c1. The molecule has 3 nitrogen and oxygen atoms in total. The fourth-order valence-corrected chi connectivity index (χ4v) is 2.31. The first-order chi connectivity index (χ1) is 9.05. The van der Waals surface area contributed by atoms with Crippen molar-refractivity contribution in [2.75, 3.05) is 13.2 Å². The van der Waals surface area contributed by atoms with Crippen LogP contribution in [0.5, 0.6) is 0 Å². The van der Waals surface area contributed by atoms with Crippen LogP contribution in [0, 0.1) is 6.92 Å². The topological polar surface area (TPSA) is 52.5 Å². The molecular formula is C16H27NO2. The maximum atomic E-state index is 9.42. The van der Waals surface area contributed by atoms with Crippen molar-refractivity contribution in [1.82, 2.24) is 5.32 Å². The molecule has 19 heavy (non-hydrogen) atoms. The molecule has 0 aliphatic carbocycles. The maximum Gasteiger partial charge on any atom is 0.0647 e. The quantitative estimate of drug-likeness (QED) is 0.674. The summed E-state index contributed by atoms with van der Waals surface area (Å²) in [4.78, 5) is 0. The molecule has 1 aromatic rings. The second kappa shape index (κ2) is 7.63. The second-order valence-electron chi connectivity index (χ2n) is 5.52. The highest BCUT2D eigenvalue weighted by molar-refractivity contribution is 5.22. The van der Waals surface area contributed by atoms with Crippen molar-refractivity contribution < 1.29 is 10.2 Å². The number of rotatable bonds is 8. The third-order valence-electron chi connectivity index (χ3n) is 3.78. The van der Waals surface area contributed by atoms with E-state index >= 15 is 0 Å². The van der Waals surface area contributed by atoms with Crippen LogP contribution in [-0.4, -0.2) is 35.0 Å². The van der Waals surface area contributed by atoms with E-state index in [2.05, 4.69) is 43.4 Å². The molecule has 0 aromatic heterocycles. The Bertz CT molecular complexity index is 367. The normalized spacial score (nSPS) is 13.5. The lowest BCUT2D eigenvalue weighted by Gasteiger charge is -2.33. The lowest BCUT2D eigenvalue weighted by molar-refractivity contribution is 0.0784. The van der Waals surface area contributed by atoms with Gasteiger partial charge in [0.25, 0.3) is 0 Å². The molecule has 0 aliphatic rings. The second-order valence-corrected chi connectivity index (χ2v) is 5.52. The minimum absolute atomic E-state index is 0.0330. The number of benzene rings is 1. The van der Waals surface area contributed by atoms with Crippen LogP contribution in [0.1, 0.15) is 37.8 Å². The highest BCUT2D eigenvalue weighted by Gasteiger charge is 2.27. The summed E-state index contributed by atoms with van der Waals surface area (Å²) >= 11 is 0. The largest absolute Gasteiger partial charge is 0.394 e. The molecule has 1 aromatic carbocycles. The van der Waals surface area contributed by atoms with Crippen LogP contribution in [0.2, 0.25) is 0 Å². The van der Waals surface area contributed by atoms with Gasteiger partial charge in [0, 0.05) is 6.04 Å². The Morgan fingerprint density at radius 3 is 2.47 bits per heavy atom. The first-order valence-corrected chi connectivity index (χ1v) is 7.10. The van der Waals surface area contributed by atoms with Crippen LogP contribution in [0.4, 0.5) is 0 Å². The van der Waals surface area contributed by atoms with Crippen molar-refractivity contribution in [3.63, 3.8) is 0 Å². The molecule has 0 spiro atoms. The Morgan fingerprint density at radius 2 is 1.95 bits per heavy atom. The number of nitrogens with one attached hydrogen (secondary N) is 1. The maximum absolute atomic E-state index is 9.42. The summed E-state index contributed by atoms with van der Waals surface area (Å²) in [6, 6.07) is 8.80. The Hall–Kier alpha value is -0.900. The molecule has 3 heteroatoms. The minimum atomic E-state index is -0.550. The van der Waals surface area contributed by atoms with Gasteiger partial charge in [0.05, 0.1) is 18.8 Å². The van der Waals surface area contributed by atoms with Gasteiger partial charge in [0.2, 0.25) is 0 Å². The van der Waals surface area contributed by atoms with Crippen molar-refractivity contribution in [2.24, 2.45) is 0 Å². The fraction of sp³-hybridized carbons (Fsp3) is 0.625. The van der Waals surface area contributed by atoms with E-state index in [4.69, 9.17) is 0 Å². The monoisotopic (exact) mass is 265 g/mol. The summed E-state index contributed by atoms with van der Waals surface area (Å²) in [5.41, 5.74) is 2.07.